The Morgan fingerprint density at radius 2 is 2.17 bits per heavy atom. The smallest absolute Gasteiger partial charge is 0.165 e. The molecule has 1 aromatic rings. The van der Waals surface area contributed by atoms with Crippen LogP contribution >= 0.6 is 0 Å². The van der Waals surface area contributed by atoms with E-state index >= 15 is 0 Å². The minimum Gasteiger partial charge on any atom is -0.494 e. The average molecular weight is 255 g/mol. The molecular formula is C14H22FNO2. The first-order chi connectivity index (χ1) is 8.39. The van der Waals surface area contributed by atoms with Gasteiger partial charge in [0.1, 0.15) is 0 Å². The molecule has 2 N–H and O–H groups in total. The molecule has 0 fully saturated rings. The summed E-state index contributed by atoms with van der Waals surface area (Å²) in [5, 5.41) is 13.1. The van der Waals surface area contributed by atoms with Gasteiger partial charge in [0.05, 0.1) is 12.7 Å². The Labute approximate surface area is 108 Å². The number of benzene rings is 1. The second-order valence-corrected chi connectivity index (χ2v) is 4.85. The van der Waals surface area contributed by atoms with Crippen molar-refractivity contribution in [2.24, 2.45) is 0 Å². The largest absolute Gasteiger partial charge is 0.494 e. The maximum atomic E-state index is 13.3. The van der Waals surface area contributed by atoms with E-state index in [-0.39, 0.29) is 17.6 Å². The highest BCUT2D eigenvalue weighted by Gasteiger charge is 2.18. The van der Waals surface area contributed by atoms with Crippen molar-refractivity contribution in [2.75, 3.05) is 13.7 Å². The van der Waals surface area contributed by atoms with E-state index in [2.05, 4.69) is 5.32 Å². The average Bonchev–Trinajstić information content (AvgIpc) is 2.36. The van der Waals surface area contributed by atoms with Crippen molar-refractivity contribution in [1.29, 1.82) is 0 Å². The van der Waals surface area contributed by atoms with Gasteiger partial charge in [-0.1, -0.05) is 13.0 Å². The molecule has 18 heavy (non-hydrogen) atoms. The van der Waals surface area contributed by atoms with Crippen LogP contribution in [0.4, 0.5) is 4.39 Å². The van der Waals surface area contributed by atoms with Crippen LogP contribution in [0.25, 0.3) is 0 Å². The summed E-state index contributed by atoms with van der Waals surface area (Å²) >= 11 is 0. The molecule has 0 aliphatic heterocycles. The van der Waals surface area contributed by atoms with Crippen molar-refractivity contribution < 1.29 is 14.2 Å². The Morgan fingerprint density at radius 3 is 2.72 bits per heavy atom. The fourth-order valence-electron chi connectivity index (χ4n) is 1.56. The van der Waals surface area contributed by atoms with Crippen molar-refractivity contribution in [2.45, 2.75) is 38.8 Å². The third-order valence-corrected chi connectivity index (χ3v) is 3.23. The first-order valence-electron chi connectivity index (χ1n) is 6.19. The standard InChI is InChI=1S/C14H22FNO2/c1-5-14(3,17)9-16-10(2)11-6-7-12(15)13(8-11)18-4/h6-8,10,16-17H,5,9H2,1-4H3. The van der Waals surface area contributed by atoms with Crippen molar-refractivity contribution in [3.8, 4) is 5.75 Å². The quantitative estimate of drug-likeness (QED) is 0.821. The van der Waals surface area contributed by atoms with Crippen molar-refractivity contribution in [1.82, 2.24) is 5.32 Å². The van der Waals surface area contributed by atoms with Gasteiger partial charge in [-0.25, -0.2) is 4.39 Å². The van der Waals surface area contributed by atoms with E-state index in [9.17, 15) is 9.50 Å². The minimum absolute atomic E-state index is 0.0255. The second-order valence-electron chi connectivity index (χ2n) is 4.85. The van der Waals surface area contributed by atoms with Gasteiger partial charge >= 0.3 is 0 Å². The van der Waals surface area contributed by atoms with E-state index in [1.165, 1.54) is 13.2 Å². The Kier molecular flexibility index (Phi) is 5.11. The Bertz CT molecular complexity index is 393. The summed E-state index contributed by atoms with van der Waals surface area (Å²) in [4.78, 5) is 0. The maximum absolute atomic E-state index is 13.3. The fraction of sp³-hybridized carbons (Fsp3) is 0.571. The maximum Gasteiger partial charge on any atom is 0.165 e. The molecule has 0 radical (unpaired) electrons. The zero-order valence-corrected chi connectivity index (χ0v) is 11.5. The molecule has 0 saturated heterocycles. The number of methoxy groups -OCH3 is 1. The van der Waals surface area contributed by atoms with Gasteiger partial charge in [-0.2, -0.15) is 0 Å². The molecule has 1 aromatic carbocycles. The molecule has 3 nitrogen and oxygen atoms in total. The lowest BCUT2D eigenvalue weighted by molar-refractivity contribution is 0.0533. The molecule has 0 aliphatic carbocycles. The highest BCUT2D eigenvalue weighted by molar-refractivity contribution is 5.31. The van der Waals surface area contributed by atoms with Crippen LogP contribution in [0.5, 0.6) is 5.75 Å². The summed E-state index contributed by atoms with van der Waals surface area (Å²) in [6, 6.07) is 4.81. The molecule has 0 heterocycles. The number of nitrogens with one attached hydrogen (secondary N) is 1. The molecule has 0 amide bonds. The van der Waals surface area contributed by atoms with Gasteiger partial charge in [0.25, 0.3) is 0 Å². The molecule has 0 saturated carbocycles. The minimum atomic E-state index is -0.724. The SMILES string of the molecule is CCC(C)(O)CNC(C)c1ccc(F)c(OC)c1. The van der Waals surface area contributed by atoms with Crippen LogP contribution in [0.3, 0.4) is 0 Å². The van der Waals surface area contributed by atoms with E-state index in [0.717, 1.165) is 5.56 Å². The highest BCUT2D eigenvalue weighted by Crippen LogP contribution is 2.22. The van der Waals surface area contributed by atoms with E-state index in [1.807, 2.05) is 13.8 Å². The monoisotopic (exact) mass is 255 g/mol. The van der Waals surface area contributed by atoms with Crippen molar-refractivity contribution >= 4 is 0 Å². The first kappa shape index (κ1) is 14.9. The second kappa shape index (κ2) is 6.16. The van der Waals surface area contributed by atoms with Crippen LogP contribution in [0.1, 0.15) is 38.8 Å². The third kappa shape index (κ3) is 3.96. The summed E-state index contributed by atoms with van der Waals surface area (Å²) in [5.41, 5.74) is 0.207. The molecule has 0 aliphatic rings. The van der Waals surface area contributed by atoms with Gasteiger partial charge in [0.2, 0.25) is 0 Å². The van der Waals surface area contributed by atoms with Crippen LogP contribution in [0.15, 0.2) is 18.2 Å². The molecular weight excluding hydrogens is 233 g/mol. The van der Waals surface area contributed by atoms with E-state index < -0.39 is 5.60 Å². The lowest BCUT2D eigenvalue weighted by atomic mass is 10.0. The van der Waals surface area contributed by atoms with Gasteiger partial charge in [0.15, 0.2) is 11.6 Å². The third-order valence-electron chi connectivity index (χ3n) is 3.23. The normalized spacial score (nSPS) is 16.1. The highest BCUT2D eigenvalue weighted by atomic mass is 19.1. The topological polar surface area (TPSA) is 41.5 Å². The van der Waals surface area contributed by atoms with E-state index in [0.29, 0.717) is 13.0 Å². The number of hydrogen-bond acceptors (Lipinski definition) is 3. The summed E-state index contributed by atoms with van der Waals surface area (Å²) in [5.74, 6) is -0.127. The summed E-state index contributed by atoms with van der Waals surface area (Å²) in [6.45, 7) is 6.19. The van der Waals surface area contributed by atoms with E-state index in [1.54, 1.807) is 19.1 Å². The van der Waals surface area contributed by atoms with Crippen LogP contribution in [0.2, 0.25) is 0 Å². The van der Waals surface area contributed by atoms with Gasteiger partial charge < -0.3 is 15.2 Å². The van der Waals surface area contributed by atoms with Crippen LogP contribution in [-0.4, -0.2) is 24.4 Å². The van der Waals surface area contributed by atoms with Crippen LogP contribution in [-0.2, 0) is 0 Å². The molecule has 4 heteroatoms. The molecule has 0 bridgehead atoms. The predicted octanol–water partition coefficient (Wildman–Crippen LogP) is 2.65. The Hall–Kier alpha value is -1.13. The summed E-state index contributed by atoms with van der Waals surface area (Å²) in [6.07, 6.45) is 0.680. The summed E-state index contributed by atoms with van der Waals surface area (Å²) < 4.78 is 18.2. The Balaban J connectivity index is 2.70. The number of aliphatic hydroxyl groups is 1. The lowest BCUT2D eigenvalue weighted by Gasteiger charge is -2.25. The molecule has 2 atom stereocenters. The fourth-order valence-corrected chi connectivity index (χ4v) is 1.56. The predicted molar refractivity (Wildman–Crippen MR) is 70.3 cm³/mol. The molecule has 1 rings (SSSR count). The van der Waals surface area contributed by atoms with Crippen molar-refractivity contribution in [3.05, 3.63) is 29.6 Å². The first-order valence-corrected chi connectivity index (χ1v) is 6.19. The van der Waals surface area contributed by atoms with Gasteiger partial charge in [0, 0.05) is 12.6 Å². The zero-order chi connectivity index (χ0) is 13.8. The molecule has 0 spiro atoms. The zero-order valence-electron chi connectivity index (χ0n) is 11.5. The van der Waals surface area contributed by atoms with Crippen molar-refractivity contribution in [3.63, 3.8) is 0 Å². The molecule has 0 aromatic heterocycles. The molecule has 102 valence electrons. The summed E-state index contributed by atoms with van der Waals surface area (Å²) in [7, 11) is 1.45. The number of rotatable bonds is 6. The van der Waals surface area contributed by atoms with E-state index in [4.69, 9.17) is 4.74 Å². The van der Waals surface area contributed by atoms with Crippen LogP contribution < -0.4 is 10.1 Å². The van der Waals surface area contributed by atoms with Gasteiger partial charge in [-0.3, -0.25) is 0 Å². The van der Waals surface area contributed by atoms with Crippen LogP contribution in [0, 0.1) is 5.82 Å². The van der Waals surface area contributed by atoms with Gasteiger partial charge in [-0.05, 0) is 38.0 Å². The van der Waals surface area contributed by atoms with Gasteiger partial charge in [-0.15, -0.1) is 0 Å². The number of halogens is 1. The molecule has 2 unspecified atom stereocenters. The number of ether oxygens (including phenoxy) is 1. The lowest BCUT2D eigenvalue weighted by Crippen LogP contribution is -2.38. The Morgan fingerprint density at radius 1 is 1.50 bits per heavy atom. The number of hydrogen-bond donors (Lipinski definition) is 2.